The van der Waals surface area contributed by atoms with E-state index in [1.165, 1.54) is 6.42 Å². The first-order chi connectivity index (χ1) is 6.33. The molecule has 1 aliphatic rings. The molecule has 2 atom stereocenters. The zero-order valence-electron chi connectivity index (χ0n) is 10.1. The number of hydrogen-bond donors (Lipinski definition) is 0. The quantitative estimate of drug-likeness (QED) is 0.676. The summed E-state index contributed by atoms with van der Waals surface area (Å²) in [5.74, 6) is 1.26. The van der Waals surface area contributed by atoms with E-state index in [1.54, 1.807) is 0 Å². The monoisotopic (exact) mass is 197 g/mol. The minimum atomic E-state index is 0.180. The third-order valence-corrected chi connectivity index (χ3v) is 3.30. The van der Waals surface area contributed by atoms with Gasteiger partial charge >= 0.3 is 0 Å². The fraction of sp³-hybridized carbons (Fsp3) is 0.917. The summed E-state index contributed by atoms with van der Waals surface area (Å²) < 4.78 is 0. The fourth-order valence-corrected chi connectivity index (χ4v) is 2.75. The Morgan fingerprint density at radius 3 is 2.43 bits per heavy atom. The maximum absolute atomic E-state index is 11.9. The lowest BCUT2D eigenvalue weighted by molar-refractivity contribution is -0.132. The molecule has 0 saturated heterocycles. The molecule has 1 aliphatic carbocycles. The van der Waals surface area contributed by atoms with E-state index in [0.29, 0.717) is 11.7 Å². The molecule has 0 heterocycles. The number of rotatable bonds is 2. The Hall–Kier alpha value is -0.370. The first kappa shape index (κ1) is 11.7. The summed E-state index contributed by atoms with van der Waals surface area (Å²) in [5.41, 5.74) is 0.180. The van der Waals surface area contributed by atoms with E-state index in [-0.39, 0.29) is 11.3 Å². The van der Waals surface area contributed by atoms with Crippen LogP contribution in [0.2, 0.25) is 0 Å². The average molecular weight is 197 g/mol. The average Bonchev–Trinajstić information content (AvgIpc) is 1.95. The highest BCUT2D eigenvalue weighted by Gasteiger charge is 2.40. The lowest BCUT2D eigenvalue weighted by Gasteiger charge is -2.41. The Kier molecular flexibility index (Phi) is 3.36. The van der Waals surface area contributed by atoms with Crippen LogP contribution in [0.15, 0.2) is 0 Å². The van der Waals surface area contributed by atoms with Crippen molar-refractivity contribution in [2.75, 3.05) is 20.6 Å². The van der Waals surface area contributed by atoms with Gasteiger partial charge in [0.25, 0.3) is 0 Å². The van der Waals surface area contributed by atoms with E-state index in [1.807, 2.05) is 14.1 Å². The first-order valence-electron chi connectivity index (χ1n) is 5.50. The maximum Gasteiger partial charge on any atom is 0.138 e. The van der Waals surface area contributed by atoms with Crippen molar-refractivity contribution >= 4 is 5.78 Å². The van der Waals surface area contributed by atoms with Crippen LogP contribution in [0.25, 0.3) is 0 Å². The number of hydrogen-bond acceptors (Lipinski definition) is 2. The summed E-state index contributed by atoms with van der Waals surface area (Å²) in [6, 6.07) is 0. The summed E-state index contributed by atoms with van der Waals surface area (Å²) in [6.45, 7) is 7.55. The smallest absolute Gasteiger partial charge is 0.138 e. The first-order valence-corrected chi connectivity index (χ1v) is 5.50. The molecule has 1 fully saturated rings. The van der Waals surface area contributed by atoms with Crippen LogP contribution >= 0.6 is 0 Å². The van der Waals surface area contributed by atoms with Crippen LogP contribution in [0.3, 0.4) is 0 Å². The van der Waals surface area contributed by atoms with Crippen LogP contribution in [0.5, 0.6) is 0 Å². The highest BCUT2D eigenvalue weighted by molar-refractivity contribution is 5.83. The van der Waals surface area contributed by atoms with E-state index >= 15 is 0 Å². The van der Waals surface area contributed by atoms with Gasteiger partial charge in [0.1, 0.15) is 5.78 Å². The van der Waals surface area contributed by atoms with Crippen LogP contribution in [0.1, 0.15) is 33.6 Å². The van der Waals surface area contributed by atoms with Gasteiger partial charge in [-0.2, -0.15) is 0 Å². The molecular weight excluding hydrogens is 174 g/mol. The molecule has 0 amide bonds. The van der Waals surface area contributed by atoms with Crippen LogP contribution in [-0.4, -0.2) is 31.3 Å². The van der Waals surface area contributed by atoms with Gasteiger partial charge in [0.05, 0.1) is 0 Å². The molecule has 2 nitrogen and oxygen atoms in total. The third kappa shape index (κ3) is 2.57. The molecule has 82 valence electrons. The van der Waals surface area contributed by atoms with Crippen molar-refractivity contribution < 1.29 is 4.79 Å². The predicted octanol–water partition coefficient (Wildman–Crippen LogP) is 2.19. The van der Waals surface area contributed by atoms with E-state index in [0.717, 1.165) is 13.0 Å². The van der Waals surface area contributed by atoms with Crippen LogP contribution in [0, 0.1) is 17.3 Å². The Labute approximate surface area is 87.7 Å². The molecule has 0 aromatic carbocycles. The highest BCUT2D eigenvalue weighted by Crippen LogP contribution is 2.41. The highest BCUT2D eigenvalue weighted by atomic mass is 16.1. The lowest BCUT2D eigenvalue weighted by atomic mass is 9.65. The van der Waals surface area contributed by atoms with Gasteiger partial charge in [-0.15, -0.1) is 0 Å². The van der Waals surface area contributed by atoms with Crippen LogP contribution < -0.4 is 0 Å². The summed E-state index contributed by atoms with van der Waals surface area (Å²) in [5, 5.41) is 0. The van der Waals surface area contributed by atoms with Gasteiger partial charge in [-0.05, 0) is 31.8 Å². The van der Waals surface area contributed by atoms with E-state index in [4.69, 9.17) is 0 Å². The van der Waals surface area contributed by atoms with E-state index in [9.17, 15) is 4.79 Å². The largest absolute Gasteiger partial charge is 0.309 e. The summed E-state index contributed by atoms with van der Waals surface area (Å²) in [4.78, 5) is 14.1. The second kappa shape index (κ2) is 4.01. The molecule has 0 spiro atoms. The number of Topliss-reactive ketones (excluding diaryl/α,β-unsaturated/α-hetero) is 1. The summed E-state index contributed by atoms with van der Waals surface area (Å²) in [6.07, 6.45) is 1.96. The van der Waals surface area contributed by atoms with Crippen molar-refractivity contribution in [3.8, 4) is 0 Å². The summed E-state index contributed by atoms with van der Waals surface area (Å²) in [7, 11) is 4.09. The SMILES string of the molecule is C[C@@H]1CC(=O)[C@@H](CN(C)C)C(C)(C)C1. The van der Waals surface area contributed by atoms with Crippen molar-refractivity contribution in [3.05, 3.63) is 0 Å². The van der Waals surface area contributed by atoms with Gasteiger partial charge in [-0.1, -0.05) is 20.8 Å². The molecule has 0 aromatic rings. The number of carbonyl (C=O) groups is 1. The number of carbonyl (C=O) groups excluding carboxylic acids is 1. The number of ketones is 1. The Bertz CT molecular complexity index is 220. The molecule has 0 bridgehead atoms. The second-order valence-electron chi connectivity index (χ2n) is 5.78. The van der Waals surface area contributed by atoms with Crippen molar-refractivity contribution in [1.82, 2.24) is 4.90 Å². The minimum Gasteiger partial charge on any atom is -0.309 e. The van der Waals surface area contributed by atoms with Crippen LogP contribution in [0.4, 0.5) is 0 Å². The second-order valence-corrected chi connectivity index (χ2v) is 5.78. The van der Waals surface area contributed by atoms with E-state index in [2.05, 4.69) is 25.7 Å². The maximum atomic E-state index is 11.9. The Balaban J connectivity index is 2.75. The van der Waals surface area contributed by atoms with Crippen molar-refractivity contribution in [2.24, 2.45) is 17.3 Å². The van der Waals surface area contributed by atoms with Crippen molar-refractivity contribution in [1.29, 1.82) is 0 Å². The topological polar surface area (TPSA) is 20.3 Å². The van der Waals surface area contributed by atoms with Crippen molar-refractivity contribution in [2.45, 2.75) is 33.6 Å². The van der Waals surface area contributed by atoms with Gasteiger partial charge in [-0.25, -0.2) is 0 Å². The molecule has 0 radical (unpaired) electrons. The third-order valence-electron chi connectivity index (χ3n) is 3.30. The van der Waals surface area contributed by atoms with E-state index < -0.39 is 0 Å². The molecule has 1 saturated carbocycles. The predicted molar refractivity (Wildman–Crippen MR) is 59.2 cm³/mol. The molecule has 0 aromatic heterocycles. The lowest BCUT2D eigenvalue weighted by Crippen LogP contribution is -2.43. The normalized spacial score (nSPS) is 32.3. The summed E-state index contributed by atoms with van der Waals surface area (Å²) >= 11 is 0. The standard InChI is InChI=1S/C12H23NO/c1-9-6-11(14)10(8-13(4)5)12(2,3)7-9/h9-10H,6-8H2,1-5H3/t9-,10-/m1/s1. The van der Waals surface area contributed by atoms with Gasteiger partial charge < -0.3 is 4.90 Å². The molecule has 0 unspecified atom stereocenters. The molecule has 0 N–H and O–H groups in total. The van der Waals surface area contributed by atoms with Gasteiger partial charge in [0.2, 0.25) is 0 Å². The zero-order chi connectivity index (χ0) is 10.9. The number of nitrogens with zero attached hydrogens (tertiary/aromatic N) is 1. The van der Waals surface area contributed by atoms with Gasteiger partial charge in [0, 0.05) is 18.9 Å². The molecule has 1 rings (SSSR count). The fourth-order valence-electron chi connectivity index (χ4n) is 2.75. The molecule has 14 heavy (non-hydrogen) atoms. The zero-order valence-corrected chi connectivity index (χ0v) is 10.1. The van der Waals surface area contributed by atoms with Crippen molar-refractivity contribution in [3.63, 3.8) is 0 Å². The Morgan fingerprint density at radius 2 is 2.00 bits per heavy atom. The molecule has 0 aliphatic heterocycles. The van der Waals surface area contributed by atoms with Crippen LogP contribution in [-0.2, 0) is 4.79 Å². The minimum absolute atomic E-state index is 0.180. The van der Waals surface area contributed by atoms with Gasteiger partial charge in [-0.3, -0.25) is 4.79 Å². The van der Waals surface area contributed by atoms with Gasteiger partial charge in [0.15, 0.2) is 0 Å². The Morgan fingerprint density at radius 1 is 1.43 bits per heavy atom. The molecule has 2 heteroatoms. The molecular formula is C12H23NO.